The zero-order valence-electron chi connectivity index (χ0n) is 9.59. The maximum Gasteiger partial charge on any atom is 0.167 e. The highest BCUT2D eigenvalue weighted by Gasteiger charge is 2.15. The van der Waals surface area contributed by atoms with Gasteiger partial charge < -0.3 is 0 Å². The second kappa shape index (κ2) is 5.96. The molecule has 0 aliphatic heterocycles. The molecule has 98 valence electrons. The summed E-state index contributed by atoms with van der Waals surface area (Å²) < 4.78 is 27.7. The van der Waals surface area contributed by atoms with Gasteiger partial charge in [-0.15, -0.1) is 0 Å². The molecule has 0 fully saturated rings. The molecule has 0 bridgehead atoms. The van der Waals surface area contributed by atoms with Gasteiger partial charge in [0.25, 0.3) is 0 Å². The average Bonchev–Trinajstić information content (AvgIpc) is 2.37. The minimum absolute atomic E-state index is 0.220. The van der Waals surface area contributed by atoms with Crippen molar-refractivity contribution >= 4 is 40.0 Å². The van der Waals surface area contributed by atoms with Crippen LogP contribution in [0.1, 0.15) is 15.9 Å². The number of hydrogen-bond donors (Lipinski definition) is 0. The second-order valence-electron chi connectivity index (χ2n) is 3.93. The Morgan fingerprint density at radius 3 is 2.37 bits per heavy atom. The molecular weight excluding hydrogens is 385 g/mol. The molecule has 0 aliphatic rings. The average molecular weight is 393 g/mol. The first-order valence-electron chi connectivity index (χ1n) is 5.40. The van der Waals surface area contributed by atoms with Crippen molar-refractivity contribution < 1.29 is 13.6 Å². The van der Waals surface area contributed by atoms with E-state index in [-0.39, 0.29) is 17.8 Å². The van der Waals surface area contributed by atoms with Crippen molar-refractivity contribution in [2.45, 2.75) is 6.42 Å². The van der Waals surface area contributed by atoms with Crippen LogP contribution in [0.25, 0.3) is 0 Å². The summed E-state index contributed by atoms with van der Waals surface area (Å²) in [4.78, 5) is 12.0. The molecule has 0 atom stereocenters. The van der Waals surface area contributed by atoms with Crippen LogP contribution in [0.4, 0.5) is 8.78 Å². The first-order chi connectivity index (χ1) is 8.99. The highest BCUT2D eigenvalue weighted by atomic mass is 127. The van der Waals surface area contributed by atoms with Crippen LogP contribution in [-0.2, 0) is 6.42 Å². The molecular formula is C14H8ClF2IO. The zero-order valence-corrected chi connectivity index (χ0v) is 12.5. The van der Waals surface area contributed by atoms with Crippen molar-refractivity contribution in [3.05, 3.63) is 67.8 Å². The van der Waals surface area contributed by atoms with Crippen LogP contribution in [0.2, 0.25) is 5.02 Å². The van der Waals surface area contributed by atoms with E-state index in [4.69, 9.17) is 11.6 Å². The summed E-state index contributed by atoms with van der Waals surface area (Å²) in [5.41, 5.74) is 0.121. The minimum atomic E-state index is -0.718. The molecule has 2 rings (SSSR count). The van der Waals surface area contributed by atoms with Crippen molar-refractivity contribution in [2.24, 2.45) is 0 Å². The maximum atomic E-state index is 13.5. The van der Waals surface area contributed by atoms with Gasteiger partial charge in [-0.3, -0.25) is 4.79 Å². The summed E-state index contributed by atoms with van der Waals surface area (Å²) in [6.07, 6.45) is -0.324. The number of ketones is 1. The smallest absolute Gasteiger partial charge is 0.167 e. The number of carbonyl (C=O) groups excluding carboxylic acids is 1. The summed E-state index contributed by atoms with van der Waals surface area (Å²) >= 11 is 7.95. The molecule has 0 amide bonds. The first kappa shape index (κ1) is 14.4. The molecule has 0 N–H and O–H groups in total. The number of halogens is 4. The highest BCUT2D eigenvalue weighted by Crippen LogP contribution is 2.21. The first-order valence-corrected chi connectivity index (χ1v) is 6.86. The fourth-order valence-electron chi connectivity index (χ4n) is 1.63. The molecule has 0 radical (unpaired) electrons. The molecule has 2 aromatic carbocycles. The summed E-state index contributed by atoms with van der Waals surface area (Å²) in [5.74, 6) is -1.81. The van der Waals surface area contributed by atoms with Gasteiger partial charge in [-0.1, -0.05) is 23.7 Å². The molecule has 0 heterocycles. The standard InChI is InChI=1S/C14H8ClF2IO/c15-10-6-8(4-5-13(10)18)14(19)7-9-11(16)2-1-3-12(9)17/h1-6H,7H2. The van der Waals surface area contributed by atoms with Gasteiger partial charge >= 0.3 is 0 Å². The predicted octanol–water partition coefficient (Wildman–Crippen LogP) is 4.65. The van der Waals surface area contributed by atoms with Gasteiger partial charge in [0.1, 0.15) is 11.6 Å². The Balaban J connectivity index is 2.28. The lowest BCUT2D eigenvalue weighted by atomic mass is 10.0. The van der Waals surface area contributed by atoms with E-state index in [0.29, 0.717) is 10.6 Å². The van der Waals surface area contributed by atoms with Crippen molar-refractivity contribution in [3.63, 3.8) is 0 Å². The normalized spacial score (nSPS) is 10.5. The number of rotatable bonds is 3. The van der Waals surface area contributed by atoms with Crippen molar-refractivity contribution in [1.82, 2.24) is 0 Å². The van der Waals surface area contributed by atoms with E-state index in [1.54, 1.807) is 12.1 Å². The van der Waals surface area contributed by atoms with Crippen LogP contribution in [-0.4, -0.2) is 5.78 Å². The van der Waals surface area contributed by atoms with Gasteiger partial charge in [0.2, 0.25) is 0 Å². The van der Waals surface area contributed by atoms with Crippen LogP contribution in [0.15, 0.2) is 36.4 Å². The van der Waals surface area contributed by atoms with E-state index in [0.717, 1.165) is 15.7 Å². The molecule has 0 aliphatic carbocycles. The van der Waals surface area contributed by atoms with Gasteiger partial charge in [0.15, 0.2) is 5.78 Å². The van der Waals surface area contributed by atoms with E-state index in [1.807, 2.05) is 22.6 Å². The summed E-state index contributed by atoms with van der Waals surface area (Å²) in [6, 6.07) is 8.31. The van der Waals surface area contributed by atoms with Gasteiger partial charge in [-0.2, -0.15) is 0 Å². The monoisotopic (exact) mass is 392 g/mol. The van der Waals surface area contributed by atoms with Crippen LogP contribution < -0.4 is 0 Å². The fourth-order valence-corrected chi connectivity index (χ4v) is 2.15. The van der Waals surface area contributed by atoms with Crippen molar-refractivity contribution in [3.8, 4) is 0 Å². The Labute approximate surface area is 127 Å². The van der Waals surface area contributed by atoms with Gasteiger partial charge in [-0.25, -0.2) is 8.78 Å². The molecule has 1 nitrogen and oxygen atoms in total. The Bertz CT molecular complexity index is 623. The van der Waals surface area contributed by atoms with E-state index >= 15 is 0 Å². The number of benzene rings is 2. The molecule has 2 aromatic rings. The van der Waals surface area contributed by atoms with E-state index < -0.39 is 11.6 Å². The lowest BCUT2D eigenvalue weighted by Gasteiger charge is -2.05. The minimum Gasteiger partial charge on any atom is -0.294 e. The summed E-state index contributed by atoms with van der Waals surface area (Å²) in [6.45, 7) is 0. The number of hydrogen-bond acceptors (Lipinski definition) is 1. The van der Waals surface area contributed by atoms with Crippen LogP contribution >= 0.6 is 34.2 Å². The van der Waals surface area contributed by atoms with Crippen LogP contribution in [0.5, 0.6) is 0 Å². The summed E-state index contributed by atoms with van der Waals surface area (Å²) in [5, 5.41) is 0.445. The Hall–Kier alpha value is -1.01. The lowest BCUT2D eigenvalue weighted by Crippen LogP contribution is -2.07. The molecule has 0 aromatic heterocycles. The predicted molar refractivity (Wildman–Crippen MR) is 78.6 cm³/mol. The highest BCUT2D eigenvalue weighted by molar-refractivity contribution is 14.1. The van der Waals surface area contributed by atoms with Gasteiger partial charge in [0.05, 0.1) is 5.02 Å². The van der Waals surface area contributed by atoms with Gasteiger partial charge in [-0.05, 0) is 46.9 Å². The molecule has 0 spiro atoms. The molecule has 0 saturated heterocycles. The topological polar surface area (TPSA) is 17.1 Å². The number of carbonyl (C=O) groups is 1. The van der Waals surface area contributed by atoms with Crippen molar-refractivity contribution in [1.29, 1.82) is 0 Å². The maximum absolute atomic E-state index is 13.5. The Morgan fingerprint density at radius 1 is 1.16 bits per heavy atom. The largest absolute Gasteiger partial charge is 0.294 e. The van der Waals surface area contributed by atoms with E-state index in [2.05, 4.69) is 0 Å². The Kier molecular flexibility index (Phi) is 4.52. The van der Waals surface area contributed by atoms with Crippen molar-refractivity contribution in [2.75, 3.05) is 0 Å². The molecule has 0 unspecified atom stereocenters. The third kappa shape index (κ3) is 3.30. The SMILES string of the molecule is O=C(Cc1c(F)cccc1F)c1ccc(I)c(Cl)c1. The molecule has 19 heavy (non-hydrogen) atoms. The van der Waals surface area contributed by atoms with Crippen LogP contribution in [0.3, 0.4) is 0 Å². The number of Topliss-reactive ketones (excluding diaryl/α,β-unsaturated/α-hetero) is 1. The second-order valence-corrected chi connectivity index (χ2v) is 5.50. The fraction of sp³-hybridized carbons (Fsp3) is 0.0714. The third-order valence-electron chi connectivity index (χ3n) is 2.64. The summed E-state index contributed by atoms with van der Waals surface area (Å²) in [7, 11) is 0. The molecule has 0 saturated carbocycles. The lowest BCUT2D eigenvalue weighted by molar-refractivity contribution is 0.0990. The quantitative estimate of drug-likeness (QED) is 0.549. The van der Waals surface area contributed by atoms with E-state index in [1.165, 1.54) is 12.1 Å². The Morgan fingerprint density at radius 2 is 1.79 bits per heavy atom. The third-order valence-corrected chi connectivity index (χ3v) is 4.21. The molecule has 5 heteroatoms. The zero-order chi connectivity index (χ0) is 14.0. The van der Waals surface area contributed by atoms with Crippen LogP contribution in [0, 0.1) is 15.2 Å². The van der Waals surface area contributed by atoms with Gasteiger partial charge in [0, 0.05) is 21.1 Å². The van der Waals surface area contributed by atoms with E-state index in [9.17, 15) is 13.6 Å².